The monoisotopic (exact) mass is 763 g/mol. The second-order valence-corrected chi connectivity index (χ2v) is 16.5. The minimum absolute atomic E-state index is 0.0644. The number of nitrogens with two attached hydrogens (primary N) is 1. The molecule has 0 bridgehead atoms. The number of ether oxygens (including phenoxy) is 2. The molecule has 1 rings (SSSR count). The molecule has 0 spiro atoms. The Hall–Kier alpha value is -0.500. The molecule has 10 nitrogen and oxygen atoms in total. The standard InChI is InChI=1S/C41H82N2O8S/c1-3-4-5-6-7-8-9-10-11-12-13-14-15-16-17-18-19-20-21-22-25-28-36(45)43-34(37(46)33(2)44)32-52-41-40(49)39(48)38(47)35(51-41)31-50-30-27-24-23-26-29-42/h33-35,37-41,44,46-49H,3-32,42H2,1-2H3,(H,43,45)/t33-,34+,35?,37-,38?,39?,40?,41?/m1/s1. The van der Waals surface area contributed by atoms with Crippen LogP contribution in [0.3, 0.4) is 0 Å². The lowest BCUT2D eigenvalue weighted by molar-refractivity contribution is -0.209. The molecule has 1 amide bonds. The van der Waals surface area contributed by atoms with E-state index in [1.165, 1.54) is 122 Å². The number of carbonyl (C=O) groups is 1. The molecular formula is C41H82N2O8S. The lowest BCUT2D eigenvalue weighted by Gasteiger charge is -2.40. The number of hydrogen-bond acceptors (Lipinski definition) is 10. The van der Waals surface area contributed by atoms with E-state index in [4.69, 9.17) is 15.2 Å². The molecular weight excluding hydrogens is 681 g/mol. The van der Waals surface area contributed by atoms with Crippen LogP contribution in [0.15, 0.2) is 0 Å². The Morgan fingerprint density at radius 2 is 1.15 bits per heavy atom. The average Bonchev–Trinajstić information content (AvgIpc) is 3.13. The number of aliphatic hydroxyl groups is 5. The van der Waals surface area contributed by atoms with Crippen LogP contribution in [0.1, 0.15) is 181 Å². The quantitative estimate of drug-likeness (QED) is 0.0333. The van der Waals surface area contributed by atoms with Crippen molar-refractivity contribution in [2.24, 2.45) is 5.73 Å². The summed E-state index contributed by atoms with van der Waals surface area (Å²) in [5, 5.41) is 55.1. The third-order valence-electron chi connectivity index (χ3n) is 10.4. The number of aliphatic hydroxyl groups excluding tert-OH is 5. The highest BCUT2D eigenvalue weighted by Gasteiger charge is 2.44. The van der Waals surface area contributed by atoms with Crippen molar-refractivity contribution in [1.82, 2.24) is 5.32 Å². The van der Waals surface area contributed by atoms with Crippen LogP contribution in [0.2, 0.25) is 0 Å². The van der Waals surface area contributed by atoms with Crippen LogP contribution in [-0.4, -0.2) is 105 Å². The van der Waals surface area contributed by atoms with Gasteiger partial charge >= 0.3 is 0 Å². The number of amides is 1. The highest BCUT2D eigenvalue weighted by Crippen LogP contribution is 2.30. The highest BCUT2D eigenvalue weighted by molar-refractivity contribution is 7.99. The van der Waals surface area contributed by atoms with Crippen molar-refractivity contribution in [2.75, 3.05) is 25.5 Å². The van der Waals surface area contributed by atoms with Crippen LogP contribution >= 0.6 is 11.8 Å². The smallest absolute Gasteiger partial charge is 0.220 e. The maximum atomic E-state index is 12.8. The third kappa shape index (κ3) is 24.8. The van der Waals surface area contributed by atoms with Gasteiger partial charge in [-0.2, -0.15) is 0 Å². The van der Waals surface area contributed by atoms with Gasteiger partial charge in [-0.25, -0.2) is 0 Å². The van der Waals surface area contributed by atoms with Gasteiger partial charge in [0, 0.05) is 18.8 Å². The molecule has 0 aromatic rings. The second-order valence-electron chi connectivity index (χ2n) is 15.4. The van der Waals surface area contributed by atoms with E-state index in [0.29, 0.717) is 19.6 Å². The first-order chi connectivity index (χ1) is 25.2. The SMILES string of the molecule is CCCCCCCCCCCCCCCCCCCCCCCC(=O)N[C@@H](CSC1OC(COCCCCCCN)C(O)C(O)C1O)[C@H](O)[C@@H](C)O. The molecule has 0 saturated carbocycles. The second kappa shape index (κ2) is 33.8. The number of unbranched alkanes of at least 4 members (excludes halogenated alkanes) is 23. The summed E-state index contributed by atoms with van der Waals surface area (Å²) < 4.78 is 11.6. The van der Waals surface area contributed by atoms with Crippen molar-refractivity contribution < 1.29 is 39.8 Å². The van der Waals surface area contributed by atoms with Gasteiger partial charge in [0.25, 0.3) is 0 Å². The Labute approximate surface area is 322 Å². The molecule has 1 aliphatic rings. The summed E-state index contributed by atoms with van der Waals surface area (Å²) in [5.41, 5.74) is 4.61. The van der Waals surface area contributed by atoms with E-state index in [-0.39, 0.29) is 18.3 Å². The molecule has 8 N–H and O–H groups in total. The van der Waals surface area contributed by atoms with Crippen LogP contribution in [0, 0.1) is 0 Å². The number of carbonyl (C=O) groups excluding carboxylic acids is 1. The van der Waals surface area contributed by atoms with Gasteiger partial charge in [-0.3, -0.25) is 4.79 Å². The first-order valence-electron chi connectivity index (χ1n) is 21.5. The summed E-state index contributed by atoms with van der Waals surface area (Å²) in [6.07, 6.45) is 24.4. The summed E-state index contributed by atoms with van der Waals surface area (Å²) in [6.45, 7) is 4.96. The molecule has 310 valence electrons. The molecule has 5 unspecified atom stereocenters. The molecule has 11 heteroatoms. The zero-order valence-electron chi connectivity index (χ0n) is 33.3. The van der Waals surface area contributed by atoms with Crippen LogP contribution < -0.4 is 11.1 Å². The molecule has 1 fully saturated rings. The average molecular weight is 763 g/mol. The highest BCUT2D eigenvalue weighted by atomic mass is 32.2. The number of thioether (sulfide) groups is 1. The molecule has 1 saturated heterocycles. The molecule has 52 heavy (non-hydrogen) atoms. The lowest BCUT2D eigenvalue weighted by atomic mass is 10.0. The zero-order valence-corrected chi connectivity index (χ0v) is 34.1. The van der Waals surface area contributed by atoms with Gasteiger partial charge in [0.15, 0.2) is 0 Å². The molecule has 1 heterocycles. The summed E-state index contributed by atoms with van der Waals surface area (Å²) >= 11 is 1.12. The Bertz CT molecular complexity index is 813. The Kier molecular flexibility index (Phi) is 32.2. The third-order valence-corrected chi connectivity index (χ3v) is 11.7. The van der Waals surface area contributed by atoms with Crippen molar-refractivity contribution in [1.29, 1.82) is 0 Å². The van der Waals surface area contributed by atoms with E-state index in [2.05, 4.69) is 12.2 Å². The van der Waals surface area contributed by atoms with Gasteiger partial charge in [-0.1, -0.05) is 148 Å². The normalized spacial score (nSPS) is 22.3. The van der Waals surface area contributed by atoms with Crippen LogP contribution in [0.25, 0.3) is 0 Å². The van der Waals surface area contributed by atoms with Crippen LogP contribution in [0.4, 0.5) is 0 Å². The largest absolute Gasteiger partial charge is 0.391 e. The minimum Gasteiger partial charge on any atom is -0.391 e. The Balaban J connectivity index is 2.18. The fourth-order valence-corrected chi connectivity index (χ4v) is 8.11. The fraction of sp³-hybridized carbons (Fsp3) is 0.976. The lowest BCUT2D eigenvalue weighted by Crippen LogP contribution is -2.58. The minimum atomic E-state index is -1.43. The number of hydrogen-bond donors (Lipinski definition) is 7. The van der Waals surface area contributed by atoms with Crippen molar-refractivity contribution in [3.05, 3.63) is 0 Å². The molecule has 0 aromatic heterocycles. The molecule has 0 aromatic carbocycles. The van der Waals surface area contributed by atoms with Crippen LogP contribution in [-0.2, 0) is 14.3 Å². The van der Waals surface area contributed by atoms with Crippen molar-refractivity contribution in [2.45, 2.75) is 229 Å². The van der Waals surface area contributed by atoms with E-state index in [1.54, 1.807) is 0 Å². The zero-order chi connectivity index (χ0) is 38.2. The first kappa shape index (κ1) is 49.5. The Morgan fingerprint density at radius 1 is 0.692 bits per heavy atom. The van der Waals surface area contributed by atoms with Gasteiger partial charge in [0.05, 0.1) is 18.8 Å². The van der Waals surface area contributed by atoms with E-state index >= 15 is 0 Å². The van der Waals surface area contributed by atoms with E-state index in [0.717, 1.165) is 56.7 Å². The van der Waals surface area contributed by atoms with Crippen molar-refractivity contribution in [3.63, 3.8) is 0 Å². The summed E-state index contributed by atoms with van der Waals surface area (Å²) in [6, 6.07) is -0.782. The van der Waals surface area contributed by atoms with E-state index < -0.39 is 48.1 Å². The maximum Gasteiger partial charge on any atom is 0.220 e. The summed E-state index contributed by atoms with van der Waals surface area (Å²) in [5.74, 6) is -0.0578. The van der Waals surface area contributed by atoms with Gasteiger partial charge in [-0.05, 0) is 32.7 Å². The van der Waals surface area contributed by atoms with Gasteiger partial charge in [0.1, 0.15) is 36.0 Å². The number of rotatable bonds is 36. The maximum absolute atomic E-state index is 12.8. The van der Waals surface area contributed by atoms with Crippen LogP contribution in [0.5, 0.6) is 0 Å². The predicted octanol–water partition coefficient (Wildman–Crippen LogP) is 6.89. The molecule has 0 aliphatic carbocycles. The molecule has 1 aliphatic heterocycles. The van der Waals surface area contributed by atoms with Gasteiger partial charge in [-0.15, -0.1) is 11.8 Å². The molecule has 8 atom stereocenters. The molecule has 0 radical (unpaired) electrons. The first-order valence-corrected chi connectivity index (χ1v) is 22.5. The predicted molar refractivity (Wildman–Crippen MR) is 214 cm³/mol. The number of nitrogens with one attached hydrogen (secondary N) is 1. The van der Waals surface area contributed by atoms with E-state index in [1.807, 2.05) is 0 Å². The topological polar surface area (TPSA) is 175 Å². The fourth-order valence-electron chi connectivity index (χ4n) is 6.85. The van der Waals surface area contributed by atoms with Crippen molar-refractivity contribution >= 4 is 17.7 Å². The summed E-state index contributed by atoms with van der Waals surface area (Å²) in [4.78, 5) is 12.8. The van der Waals surface area contributed by atoms with Crippen molar-refractivity contribution in [3.8, 4) is 0 Å². The van der Waals surface area contributed by atoms with Gasteiger partial charge < -0.3 is 46.1 Å². The van der Waals surface area contributed by atoms with E-state index in [9.17, 15) is 30.3 Å². The van der Waals surface area contributed by atoms with Gasteiger partial charge in [0.2, 0.25) is 5.91 Å². The summed E-state index contributed by atoms with van der Waals surface area (Å²) in [7, 11) is 0. The Morgan fingerprint density at radius 3 is 1.63 bits per heavy atom.